The van der Waals surface area contributed by atoms with Gasteiger partial charge >= 0.3 is 5.97 Å². The van der Waals surface area contributed by atoms with E-state index in [1.807, 2.05) is 6.08 Å². The first kappa shape index (κ1) is 70.8. The number of esters is 1. The molecule has 1 amide bonds. The highest BCUT2D eigenvalue weighted by Crippen LogP contribution is 2.17. The molecule has 0 aromatic heterocycles. The third kappa shape index (κ3) is 58.9. The Kier molecular flexibility index (Phi) is 60.5. The minimum absolute atomic E-state index is 0.00746. The van der Waals surface area contributed by atoms with E-state index in [0.717, 1.165) is 70.6 Å². The van der Waals surface area contributed by atoms with E-state index in [9.17, 15) is 19.8 Å². The van der Waals surface area contributed by atoms with Gasteiger partial charge < -0.3 is 20.3 Å². The number of aliphatic hydroxyl groups is 2. The van der Waals surface area contributed by atoms with Crippen molar-refractivity contribution in [2.45, 2.75) is 353 Å². The van der Waals surface area contributed by atoms with Gasteiger partial charge in [0.25, 0.3) is 0 Å². The fourth-order valence-electron chi connectivity index (χ4n) is 9.84. The highest BCUT2D eigenvalue weighted by molar-refractivity contribution is 5.76. The zero-order chi connectivity index (χ0) is 52.9. The van der Waals surface area contributed by atoms with Crippen LogP contribution >= 0.6 is 0 Å². The summed E-state index contributed by atoms with van der Waals surface area (Å²) < 4.78 is 5.49. The number of amides is 1. The van der Waals surface area contributed by atoms with Gasteiger partial charge in [0.15, 0.2) is 0 Å². The molecule has 6 heteroatoms. The van der Waals surface area contributed by atoms with Crippen LogP contribution in [0.15, 0.2) is 48.6 Å². The Labute approximate surface area is 455 Å². The number of rotatable bonds is 60. The Balaban J connectivity index is 3.48. The number of allylic oxidation sites excluding steroid dienone is 7. The summed E-state index contributed by atoms with van der Waals surface area (Å²) in [6, 6.07) is -0.642. The van der Waals surface area contributed by atoms with Gasteiger partial charge in [0.2, 0.25) is 5.91 Å². The van der Waals surface area contributed by atoms with Crippen LogP contribution in [0.5, 0.6) is 0 Å². The molecule has 0 bridgehead atoms. The second kappa shape index (κ2) is 62.4. The van der Waals surface area contributed by atoms with Crippen LogP contribution in [0.2, 0.25) is 0 Å². The maximum absolute atomic E-state index is 12.5. The molecule has 0 saturated carbocycles. The van der Waals surface area contributed by atoms with Crippen molar-refractivity contribution >= 4 is 11.9 Å². The van der Waals surface area contributed by atoms with Crippen molar-refractivity contribution in [3.8, 4) is 0 Å². The van der Waals surface area contributed by atoms with Gasteiger partial charge in [0.1, 0.15) is 0 Å². The minimum Gasteiger partial charge on any atom is -0.466 e. The molecule has 6 nitrogen and oxygen atoms in total. The lowest BCUT2D eigenvalue weighted by Gasteiger charge is -2.20. The first-order valence-corrected chi connectivity index (χ1v) is 32.4. The van der Waals surface area contributed by atoms with E-state index in [1.165, 1.54) is 244 Å². The van der Waals surface area contributed by atoms with Crippen LogP contribution in [-0.2, 0) is 14.3 Å². The summed E-state index contributed by atoms with van der Waals surface area (Å²) in [6.45, 7) is 4.87. The third-order valence-electron chi connectivity index (χ3n) is 14.8. The van der Waals surface area contributed by atoms with Gasteiger partial charge in [-0.2, -0.15) is 0 Å². The summed E-state index contributed by atoms with van der Waals surface area (Å²) in [5, 5.41) is 23.2. The van der Waals surface area contributed by atoms with E-state index >= 15 is 0 Å². The number of unbranched alkanes of at least 4 members (excludes halogenated alkanes) is 43. The lowest BCUT2D eigenvalue weighted by atomic mass is 10.0. The van der Waals surface area contributed by atoms with Crippen molar-refractivity contribution in [1.29, 1.82) is 0 Å². The molecule has 0 rings (SSSR count). The van der Waals surface area contributed by atoms with Crippen molar-refractivity contribution in [3.05, 3.63) is 48.6 Å². The van der Waals surface area contributed by atoms with Gasteiger partial charge in [-0.05, 0) is 89.9 Å². The summed E-state index contributed by atoms with van der Waals surface area (Å²) in [5.41, 5.74) is 0. The van der Waals surface area contributed by atoms with Crippen molar-refractivity contribution < 1.29 is 24.5 Å². The fourth-order valence-corrected chi connectivity index (χ4v) is 9.84. The molecule has 0 aliphatic rings. The lowest BCUT2D eigenvalue weighted by molar-refractivity contribution is -0.143. The molecule has 0 fully saturated rings. The lowest BCUT2D eigenvalue weighted by Crippen LogP contribution is -2.45. The number of aliphatic hydroxyl groups excluding tert-OH is 2. The first-order chi connectivity index (χ1) is 36.0. The molecular formula is C67H125NO5. The van der Waals surface area contributed by atoms with E-state index in [0.29, 0.717) is 19.4 Å². The average Bonchev–Trinajstić information content (AvgIpc) is 3.39. The van der Waals surface area contributed by atoms with Crippen molar-refractivity contribution in [1.82, 2.24) is 5.32 Å². The topological polar surface area (TPSA) is 95.9 Å². The highest BCUT2D eigenvalue weighted by atomic mass is 16.5. The third-order valence-corrected chi connectivity index (χ3v) is 14.8. The Morgan fingerprint density at radius 3 is 1.08 bits per heavy atom. The molecule has 0 aliphatic heterocycles. The molecule has 73 heavy (non-hydrogen) atoms. The maximum Gasteiger partial charge on any atom is 0.305 e. The summed E-state index contributed by atoms with van der Waals surface area (Å²) in [7, 11) is 0. The number of carbonyl (C=O) groups excluding carboxylic acids is 2. The Bertz CT molecular complexity index is 1230. The number of hydrogen-bond acceptors (Lipinski definition) is 5. The molecular weight excluding hydrogens is 899 g/mol. The van der Waals surface area contributed by atoms with Crippen LogP contribution in [-0.4, -0.2) is 47.4 Å². The standard InChI is InChI=1S/C67H125NO5/c1-3-5-7-9-11-13-15-17-19-21-23-24-26-27-31-35-39-43-47-51-55-59-65(70)64(63-69)68-66(71)60-56-52-48-44-40-36-32-29-30-34-38-42-46-50-54-58-62-73-67(72)61-57-53-49-45-41-37-33-28-25-22-20-18-16-14-12-10-8-6-4-2/h12,14,18,20,29,32,55,59,64-65,69-70H,3-11,13,15-17,19,21-28,30-31,33-54,56-58,60-63H2,1-2H3,(H,68,71)/b14-12-,20-18-,32-29-,59-55+. The molecule has 0 aromatic rings. The Morgan fingerprint density at radius 2 is 0.685 bits per heavy atom. The van der Waals surface area contributed by atoms with Gasteiger partial charge in [-0.25, -0.2) is 0 Å². The van der Waals surface area contributed by atoms with Crippen LogP contribution < -0.4 is 5.32 Å². The summed E-state index contributed by atoms with van der Waals surface area (Å²) in [4.78, 5) is 24.6. The summed E-state index contributed by atoms with van der Waals surface area (Å²) in [6.07, 6.45) is 80.1. The molecule has 0 spiro atoms. The zero-order valence-corrected chi connectivity index (χ0v) is 48.9. The van der Waals surface area contributed by atoms with Crippen LogP contribution in [0.25, 0.3) is 0 Å². The van der Waals surface area contributed by atoms with E-state index < -0.39 is 12.1 Å². The zero-order valence-electron chi connectivity index (χ0n) is 48.9. The van der Waals surface area contributed by atoms with E-state index in [1.54, 1.807) is 6.08 Å². The second-order valence-corrected chi connectivity index (χ2v) is 22.1. The Morgan fingerprint density at radius 1 is 0.384 bits per heavy atom. The summed E-state index contributed by atoms with van der Waals surface area (Å²) in [5.74, 6) is -0.0905. The monoisotopic (exact) mass is 1020 g/mol. The van der Waals surface area contributed by atoms with Crippen molar-refractivity contribution in [2.24, 2.45) is 0 Å². The molecule has 0 radical (unpaired) electrons. The van der Waals surface area contributed by atoms with Gasteiger partial charge in [0.05, 0.1) is 25.4 Å². The number of nitrogens with one attached hydrogen (secondary N) is 1. The van der Waals surface area contributed by atoms with E-state index in [2.05, 4.69) is 55.6 Å². The van der Waals surface area contributed by atoms with E-state index in [4.69, 9.17) is 4.74 Å². The SMILES string of the molecule is CCCCC/C=C\C/C=C\CCCCCCCCCCCC(=O)OCCCCCCCCC/C=C\CCCCCCCC(=O)NC(CO)C(O)/C=C/CCCCCCCCCCCCCCCCCCCCC. The smallest absolute Gasteiger partial charge is 0.305 e. The quantitative estimate of drug-likeness (QED) is 0.0320. The number of ether oxygens (including phenoxy) is 1. The summed E-state index contributed by atoms with van der Waals surface area (Å²) >= 11 is 0. The first-order valence-electron chi connectivity index (χ1n) is 32.4. The average molecular weight is 1020 g/mol. The van der Waals surface area contributed by atoms with Crippen LogP contribution in [0.1, 0.15) is 341 Å². The predicted octanol–water partition coefficient (Wildman–Crippen LogP) is 20.5. The minimum atomic E-state index is -0.857. The fraction of sp³-hybridized carbons (Fsp3) is 0.851. The van der Waals surface area contributed by atoms with Gasteiger partial charge in [-0.15, -0.1) is 0 Å². The van der Waals surface area contributed by atoms with Gasteiger partial charge in [-0.1, -0.05) is 287 Å². The van der Waals surface area contributed by atoms with Crippen LogP contribution in [0.4, 0.5) is 0 Å². The molecule has 0 heterocycles. The molecule has 2 unspecified atom stereocenters. The van der Waals surface area contributed by atoms with Crippen molar-refractivity contribution in [2.75, 3.05) is 13.2 Å². The highest BCUT2D eigenvalue weighted by Gasteiger charge is 2.18. The molecule has 3 N–H and O–H groups in total. The predicted molar refractivity (Wildman–Crippen MR) is 319 cm³/mol. The maximum atomic E-state index is 12.5. The molecule has 0 aromatic carbocycles. The van der Waals surface area contributed by atoms with Gasteiger partial charge in [-0.3, -0.25) is 9.59 Å². The molecule has 0 saturated heterocycles. The normalized spacial score (nSPS) is 12.9. The largest absolute Gasteiger partial charge is 0.466 e. The van der Waals surface area contributed by atoms with E-state index in [-0.39, 0.29) is 18.5 Å². The molecule has 0 aliphatic carbocycles. The van der Waals surface area contributed by atoms with Crippen LogP contribution in [0.3, 0.4) is 0 Å². The number of hydrogen-bond donors (Lipinski definition) is 3. The van der Waals surface area contributed by atoms with Crippen molar-refractivity contribution in [3.63, 3.8) is 0 Å². The van der Waals surface area contributed by atoms with Gasteiger partial charge in [0, 0.05) is 12.8 Å². The molecule has 2 atom stereocenters. The van der Waals surface area contributed by atoms with Crippen LogP contribution in [0, 0.1) is 0 Å². The second-order valence-electron chi connectivity index (χ2n) is 22.1. The number of carbonyl (C=O) groups is 2. The molecule has 428 valence electrons. The Hall–Kier alpha value is -2.18.